The maximum Gasteiger partial charge on any atom is 0.421 e. The molecule has 8 N–H and O–H groups in total. The van der Waals surface area contributed by atoms with Crippen LogP contribution in [0.4, 0.5) is 23.0 Å². The highest BCUT2D eigenvalue weighted by Crippen LogP contribution is 2.45. The van der Waals surface area contributed by atoms with Gasteiger partial charge >= 0.3 is 5.95 Å². The number of unbranched alkanes of at least 4 members (excludes halogenated alkanes) is 3. The number of hydrogen-bond acceptors (Lipinski definition) is 7. The first kappa shape index (κ1) is 28.6. The molecule has 10 nitrogen and oxygen atoms in total. The number of nitrogens with two attached hydrogens (primary N) is 4. The summed E-state index contributed by atoms with van der Waals surface area (Å²) in [4.78, 5) is 2.53. The van der Waals surface area contributed by atoms with Crippen molar-refractivity contribution in [3.05, 3.63) is 30.6 Å². The monoisotopic (exact) mass is 526 g/mol. The molecule has 0 unspecified atom stereocenters. The fourth-order valence-electron chi connectivity index (χ4n) is 6.07. The van der Waals surface area contributed by atoms with E-state index in [0.717, 1.165) is 113 Å². The predicted molar refractivity (Wildman–Crippen MR) is 156 cm³/mol. The Balaban J connectivity index is 1.58. The van der Waals surface area contributed by atoms with Gasteiger partial charge in [0.2, 0.25) is 0 Å². The molecule has 1 spiro atoms. The van der Waals surface area contributed by atoms with Crippen molar-refractivity contribution in [2.75, 3.05) is 63.8 Å². The summed E-state index contributed by atoms with van der Waals surface area (Å²) in [5, 5.41) is 9.55. The van der Waals surface area contributed by atoms with Gasteiger partial charge in [0.05, 0.1) is 51.0 Å². The first-order chi connectivity index (χ1) is 18.6. The fourth-order valence-corrected chi connectivity index (χ4v) is 6.07. The second-order valence-corrected chi connectivity index (χ2v) is 11.0. The van der Waals surface area contributed by atoms with E-state index in [4.69, 9.17) is 33.2 Å². The Morgan fingerprint density at radius 3 is 2.34 bits per heavy atom. The van der Waals surface area contributed by atoms with Crippen molar-refractivity contribution in [1.29, 1.82) is 0 Å². The molecule has 0 atom stereocenters. The third-order valence-electron chi connectivity index (χ3n) is 8.18. The number of azo groups is 1. The first-order valence-electron chi connectivity index (χ1n) is 14.7. The minimum absolute atomic E-state index is 0.707. The quantitative estimate of drug-likeness (QED) is 0.115. The lowest BCUT2D eigenvalue weighted by atomic mass is 9.89. The summed E-state index contributed by atoms with van der Waals surface area (Å²) in [6.07, 6.45) is 11.5. The van der Waals surface area contributed by atoms with Crippen molar-refractivity contribution in [3.8, 4) is 0 Å². The SMILES string of the molecule is NCCCCN1CC[N+]2(CC(CCN)C2)c2ccc(N=Nc3n(CCCCN)cc[n+]3CCCCN)cc21. The van der Waals surface area contributed by atoms with E-state index in [-0.39, 0.29) is 0 Å². The Hall–Kier alpha value is -2.37. The second kappa shape index (κ2) is 14.1. The average molecular weight is 527 g/mol. The topological polar surface area (TPSA) is 141 Å². The number of rotatable bonds is 16. The van der Waals surface area contributed by atoms with Crippen LogP contribution in [0.5, 0.6) is 0 Å². The van der Waals surface area contributed by atoms with Gasteiger partial charge in [-0.25, -0.2) is 9.13 Å². The summed E-state index contributed by atoms with van der Waals surface area (Å²) in [5.74, 6) is 1.62. The summed E-state index contributed by atoms with van der Waals surface area (Å²) in [7, 11) is 0. The van der Waals surface area contributed by atoms with Crippen LogP contribution in [0, 0.1) is 5.92 Å². The molecule has 1 aromatic carbocycles. The Morgan fingerprint density at radius 1 is 0.868 bits per heavy atom. The van der Waals surface area contributed by atoms with Gasteiger partial charge in [0, 0.05) is 17.7 Å². The summed E-state index contributed by atoms with van der Waals surface area (Å²) >= 11 is 0. The van der Waals surface area contributed by atoms with Gasteiger partial charge in [0.15, 0.2) is 5.69 Å². The van der Waals surface area contributed by atoms with Gasteiger partial charge in [0.25, 0.3) is 0 Å². The number of benzene rings is 1. The first-order valence-corrected chi connectivity index (χ1v) is 14.7. The van der Waals surface area contributed by atoms with E-state index in [0.29, 0.717) is 13.1 Å². The standard InChI is InChI=1S/C28H50N10/c29-10-1-4-14-35-19-20-38(22-24(23-38)9-13-32)27-8-7-25(21-26(27)35)33-34-28-36(15-5-2-11-30)17-18-37(28)16-6-3-12-31/h7-8,17-18,21,24H,1-6,9-16,19-20,22-23,29-32H2/q+2. The zero-order valence-electron chi connectivity index (χ0n) is 23.2. The lowest BCUT2D eigenvalue weighted by molar-refractivity contribution is -0.684. The molecule has 38 heavy (non-hydrogen) atoms. The molecular weight excluding hydrogens is 476 g/mol. The number of quaternary nitrogens is 1. The molecule has 0 bridgehead atoms. The predicted octanol–water partition coefficient (Wildman–Crippen LogP) is 2.51. The van der Waals surface area contributed by atoms with Crippen LogP contribution < -0.4 is 36.9 Å². The Labute approximate surface area is 228 Å². The zero-order chi connectivity index (χ0) is 26.8. The van der Waals surface area contributed by atoms with Crippen molar-refractivity contribution in [1.82, 2.24) is 9.05 Å². The van der Waals surface area contributed by atoms with Crippen molar-refractivity contribution in [3.63, 3.8) is 0 Å². The van der Waals surface area contributed by atoms with E-state index in [2.05, 4.69) is 44.6 Å². The van der Waals surface area contributed by atoms with Gasteiger partial charge in [-0.15, -0.1) is 0 Å². The molecule has 10 heteroatoms. The molecule has 1 saturated heterocycles. The normalized spacial score (nSPS) is 20.8. The van der Waals surface area contributed by atoms with Crippen LogP contribution in [0.1, 0.15) is 44.9 Å². The van der Waals surface area contributed by atoms with Crippen molar-refractivity contribution in [2.45, 2.75) is 58.0 Å². The summed E-state index contributed by atoms with van der Waals surface area (Å²) in [5.41, 5.74) is 26.7. The minimum Gasteiger partial charge on any atom is -0.361 e. The molecule has 0 amide bonds. The van der Waals surface area contributed by atoms with Gasteiger partial charge in [-0.05, 0) is 83.3 Å². The van der Waals surface area contributed by atoms with Crippen molar-refractivity contribution < 1.29 is 4.57 Å². The number of fused-ring (bicyclic) bond motifs is 2. The smallest absolute Gasteiger partial charge is 0.361 e. The summed E-state index contributed by atoms with van der Waals surface area (Å²) in [6.45, 7) is 10.4. The lowest BCUT2D eigenvalue weighted by Gasteiger charge is -2.54. The number of imidazole rings is 1. The van der Waals surface area contributed by atoms with Crippen LogP contribution in [0.3, 0.4) is 0 Å². The van der Waals surface area contributed by atoms with Crippen LogP contribution in [0.25, 0.3) is 0 Å². The maximum atomic E-state index is 5.86. The summed E-state index contributed by atoms with van der Waals surface area (Å²) < 4.78 is 5.46. The third kappa shape index (κ3) is 6.79. The van der Waals surface area contributed by atoms with E-state index >= 15 is 0 Å². The molecule has 210 valence electrons. The zero-order valence-corrected chi connectivity index (χ0v) is 23.2. The molecule has 2 aliphatic heterocycles. The van der Waals surface area contributed by atoms with Gasteiger partial charge < -0.3 is 27.8 Å². The van der Waals surface area contributed by atoms with Gasteiger partial charge in [0.1, 0.15) is 17.9 Å². The molecule has 0 aliphatic carbocycles. The number of aryl methyl sites for hydroxylation is 2. The van der Waals surface area contributed by atoms with Crippen LogP contribution in [-0.4, -0.2) is 63.5 Å². The number of anilines is 1. The highest BCUT2D eigenvalue weighted by molar-refractivity contribution is 5.75. The highest BCUT2D eigenvalue weighted by atomic mass is 15.4. The van der Waals surface area contributed by atoms with E-state index in [1.807, 2.05) is 0 Å². The largest absolute Gasteiger partial charge is 0.421 e. The van der Waals surface area contributed by atoms with E-state index in [1.54, 1.807) is 0 Å². The lowest BCUT2D eigenvalue weighted by Crippen LogP contribution is -2.69. The van der Waals surface area contributed by atoms with Gasteiger partial charge in [-0.3, -0.25) is 4.48 Å². The Kier molecular flexibility index (Phi) is 10.7. The van der Waals surface area contributed by atoms with E-state index in [9.17, 15) is 0 Å². The maximum absolute atomic E-state index is 5.86. The number of hydrogen-bond donors (Lipinski definition) is 4. The molecule has 1 aromatic heterocycles. The number of nitrogens with zero attached hydrogens (tertiary/aromatic N) is 6. The summed E-state index contributed by atoms with van der Waals surface area (Å²) in [6, 6.07) is 6.69. The van der Waals surface area contributed by atoms with E-state index < -0.39 is 0 Å². The van der Waals surface area contributed by atoms with Gasteiger partial charge in [-0.1, -0.05) is 5.11 Å². The molecule has 0 radical (unpaired) electrons. The highest BCUT2D eigenvalue weighted by Gasteiger charge is 2.49. The molecule has 2 aromatic rings. The van der Waals surface area contributed by atoms with Crippen LogP contribution in [0.2, 0.25) is 0 Å². The molecule has 3 heterocycles. The minimum atomic E-state index is 0.707. The molecule has 4 rings (SSSR count). The average Bonchev–Trinajstić information content (AvgIpc) is 3.29. The molecular formula is C28H50N10+2. The Morgan fingerprint density at radius 2 is 1.61 bits per heavy atom. The second-order valence-electron chi connectivity index (χ2n) is 11.0. The van der Waals surface area contributed by atoms with Crippen LogP contribution in [-0.2, 0) is 13.1 Å². The van der Waals surface area contributed by atoms with Gasteiger partial charge in [-0.2, -0.15) is 0 Å². The molecule has 2 aliphatic rings. The molecule has 0 saturated carbocycles. The van der Waals surface area contributed by atoms with Crippen LogP contribution in [0.15, 0.2) is 40.8 Å². The van der Waals surface area contributed by atoms with Crippen molar-refractivity contribution in [2.24, 2.45) is 39.1 Å². The Bertz CT molecular complexity index is 999. The fraction of sp³-hybridized carbons (Fsp3) is 0.679. The van der Waals surface area contributed by atoms with Crippen molar-refractivity contribution >= 4 is 23.0 Å². The number of aromatic nitrogens is 2. The molecule has 1 fully saturated rings. The van der Waals surface area contributed by atoms with E-state index in [1.165, 1.54) is 24.5 Å². The third-order valence-corrected chi connectivity index (χ3v) is 8.18. The van der Waals surface area contributed by atoms with Crippen LogP contribution >= 0.6 is 0 Å².